The predicted molar refractivity (Wildman–Crippen MR) is 75.3 cm³/mol. The first kappa shape index (κ1) is 12.8. The largest absolute Gasteiger partial charge is 0.207 e. The summed E-state index contributed by atoms with van der Waals surface area (Å²) in [5, 5.41) is 0. The Morgan fingerprint density at radius 2 is 1.56 bits per heavy atom. The van der Waals surface area contributed by atoms with Crippen LogP contribution >= 0.6 is 0 Å². The summed E-state index contributed by atoms with van der Waals surface area (Å²) in [6, 6.07) is 13.8. The topological polar surface area (TPSA) is 0 Å². The molecule has 0 aliphatic rings. The van der Waals surface area contributed by atoms with Gasteiger partial charge in [0.25, 0.3) is 0 Å². The fourth-order valence-electron chi connectivity index (χ4n) is 2.18. The molecule has 0 aromatic heterocycles. The maximum atomic E-state index is 14.0. The molecule has 2 aromatic carbocycles. The first-order chi connectivity index (χ1) is 8.39. The fourth-order valence-corrected chi connectivity index (χ4v) is 2.18. The fraction of sp³-hybridized carbons (Fsp3) is 0.294. The highest BCUT2D eigenvalue weighted by Crippen LogP contribution is 2.32. The van der Waals surface area contributed by atoms with Gasteiger partial charge in [-0.1, -0.05) is 51.1 Å². The van der Waals surface area contributed by atoms with E-state index in [9.17, 15) is 4.39 Å². The molecule has 0 unspecified atom stereocenters. The van der Waals surface area contributed by atoms with Crippen molar-refractivity contribution in [1.29, 1.82) is 0 Å². The minimum Gasteiger partial charge on any atom is -0.207 e. The van der Waals surface area contributed by atoms with Gasteiger partial charge in [0.05, 0.1) is 0 Å². The molecular formula is C17H19F. The van der Waals surface area contributed by atoms with Gasteiger partial charge in [0, 0.05) is 0 Å². The maximum Gasteiger partial charge on any atom is 0.127 e. The molecule has 18 heavy (non-hydrogen) atoms. The van der Waals surface area contributed by atoms with E-state index in [1.54, 1.807) is 6.07 Å². The average molecular weight is 242 g/mol. The van der Waals surface area contributed by atoms with Crippen molar-refractivity contribution in [2.75, 3.05) is 0 Å². The van der Waals surface area contributed by atoms with Crippen LogP contribution in [0, 0.1) is 12.7 Å². The lowest BCUT2D eigenvalue weighted by Crippen LogP contribution is -2.14. The van der Waals surface area contributed by atoms with Crippen LogP contribution in [0.3, 0.4) is 0 Å². The van der Waals surface area contributed by atoms with Crippen LogP contribution in [0.4, 0.5) is 4.39 Å². The molecule has 0 radical (unpaired) electrons. The lowest BCUT2D eigenvalue weighted by atomic mass is 9.84. The van der Waals surface area contributed by atoms with Gasteiger partial charge in [0.2, 0.25) is 0 Å². The van der Waals surface area contributed by atoms with E-state index in [2.05, 4.69) is 12.1 Å². The number of benzene rings is 2. The van der Waals surface area contributed by atoms with Crippen LogP contribution in [0.15, 0.2) is 42.5 Å². The second-order valence-corrected chi connectivity index (χ2v) is 5.76. The number of halogens is 1. The number of hydrogen-bond donors (Lipinski definition) is 0. The number of aryl methyl sites for hydroxylation is 1. The molecule has 0 aliphatic heterocycles. The van der Waals surface area contributed by atoms with Gasteiger partial charge in [-0.15, -0.1) is 0 Å². The number of hydrogen-bond acceptors (Lipinski definition) is 0. The Balaban J connectivity index is 2.63. The van der Waals surface area contributed by atoms with E-state index in [4.69, 9.17) is 0 Å². The highest BCUT2D eigenvalue weighted by Gasteiger charge is 2.20. The predicted octanol–water partition coefficient (Wildman–Crippen LogP) is 5.10. The van der Waals surface area contributed by atoms with Gasteiger partial charge in [-0.05, 0) is 46.7 Å². The molecule has 0 N–H and O–H groups in total. The Morgan fingerprint density at radius 1 is 0.944 bits per heavy atom. The van der Waals surface area contributed by atoms with Gasteiger partial charge in [-0.3, -0.25) is 0 Å². The summed E-state index contributed by atoms with van der Waals surface area (Å²) < 4.78 is 14.0. The molecule has 1 heteroatoms. The summed E-state index contributed by atoms with van der Waals surface area (Å²) in [4.78, 5) is 0. The molecule has 0 saturated carbocycles. The molecule has 0 spiro atoms. The van der Waals surface area contributed by atoms with Crippen LogP contribution in [0.2, 0.25) is 0 Å². The Hall–Kier alpha value is -1.63. The summed E-state index contributed by atoms with van der Waals surface area (Å²) in [6.45, 7) is 8.07. The molecule has 0 fully saturated rings. The van der Waals surface area contributed by atoms with E-state index < -0.39 is 0 Å². The molecule has 94 valence electrons. The zero-order chi connectivity index (χ0) is 13.3. The monoisotopic (exact) mass is 242 g/mol. The molecule has 0 amide bonds. The van der Waals surface area contributed by atoms with E-state index in [1.165, 1.54) is 0 Å². The highest BCUT2D eigenvalue weighted by molar-refractivity contribution is 5.68. The Labute approximate surface area is 108 Å². The molecule has 0 bridgehead atoms. The van der Waals surface area contributed by atoms with Crippen molar-refractivity contribution < 1.29 is 4.39 Å². The maximum absolute atomic E-state index is 14.0. The van der Waals surface area contributed by atoms with Gasteiger partial charge in [-0.2, -0.15) is 0 Å². The van der Waals surface area contributed by atoms with E-state index in [0.717, 1.165) is 22.3 Å². The van der Waals surface area contributed by atoms with Crippen molar-refractivity contribution in [3.8, 4) is 11.1 Å². The van der Waals surface area contributed by atoms with Crippen LogP contribution in [-0.2, 0) is 5.41 Å². The van der Waals surface area contributed by atoms with Crippen molar-refractivity contribution in [3.05, 3.63) is 59.4 Å². The van der Waals surface area contributed by atoms with Crippen LogP contribution in [-0.4, -0.2) is 0 Å². The molecule has 0 heterocycles. The molecule has 0 saturated heterocycles. The quantitative estimate of drug-likeness (QED) is 0.652. The lowest BCUT2D eigenvalue weighted by molar-refractivity contribution is 0.522. The third kappa shape index (κ3) is 2.45. The molecule has 0 atom stereocenters. The van der Waals surface area contributed by atoms with Crippen molar-refractivity contribution in [2.24, 2.45) is 0 Å². The molecule has 0 aliphatic carbocycles. The molecule has 2 rings (SSSR count). The third-order valence-corrected chi connectivity index (χ3v) is 3.21. The summed E-state index contributed by atoms with van der Waals surface area (Å²) in [5.41, 5.74) is 3.82. The van der Waals surface area contributed by atoms with E-state index in [-0.39, 0.29) is 11.2 Å². The van der Waals surface area contributed by atoms with Crippen molar-refractivity contribution in [3.63, 3.8) is 0 Å². The average Bonchev–Trinajstić information content (AvgIpc) is 2.28. The van der Waals surface area contributed by atoms with Gasteiger partial charge < -0.3 is 0 Å². The highest BCUT2D eigenvalue weighted by atomic mass is 19.1. The molecule has 0 nitrogen and oxygen atoms in total. The SMILES string of the molecule is Cc1cc(F)c(C(C)(C)C)cc1-c1ccccc1. The van der Waals surface area contributed by atoms with Gasteiger partial charge in [0.1, 0.15) is 5.82 Å². The Kier molecular flexibility index (Phi) is 3.25. The smallest absolute Gasteiger partial charge is 0.127 e. The third-order valence-electron chi connectivity index (χ3n) is 3.21. The van der Waals surface area contributed by atoms with Crippen molar-refractivity contribution in [1.82, 2.24) is 0 Å². The summed E-state index contributed by atoms with van der Waals surface area (Å²) in [6.07, 6.45) is 0. The van der Waals surface area contributed by atoms with Gasteiger partial charge in [0.15, 0.2) is 0 Å². The minimum absolute atomic E-state index is 0.111. The molecule has 2 aromatic rings. The lowest BCUT2D eigenvalue weighted by Gasteiger charge is -2.22. The van der Waals surface area contributed by atoms with Gasteiger partial charge in [-0.25, -0.2) is 4.39 Å². The summed E-state index contributed by atoms with van der Waals surface area (Å²) >= 11 is 0. The van der Waals surface area contributed by atoms with E-state index >= 15 is 0 Å². The first-order valence-electron chi connectivity index (χ1n) is 6.25. The molecular weight excluding hydrogens is 223 g/mol. The Bertz CT molecular complexity index is 548. The van der Waals surface area contributed by atoms with Gasteiger partial charge >= 0.3 is 0 Å². The number of rotatable bonds is 1. The first-order valence-corrected chi connectivity index (χ1v) is 6.25. The zero-order valence-corrected chi connectivity index (χ0v) is 11.4. The Morgan fingerprint density at radius 3 is 2.11 bits per heavy atom. The second-order valence-electron chi connectivity index (χ2n) is 5.76. The van der Waals surface area contributed by atoms with Crippen molar-refractivity contribution >= 4 is 0 Å². The second kappa shape index (κ2) is 4.56. The standard InChI is InChI=1S/C17H19F/c1-12-10-16(18)15(17(2,3)4)11-14(12)13-8-6-5-7-9-13/h5-11H,1-4H3. The minimum atomic E-state index is -0.179. The normalized spacial score (nSPS) is 11.6. The zero-order valence-electron chi connectivity index (χ0n) is 11.4. The van der Waals surface area contributed by atoms with Crippen molar-refractivity contribution in [2.45, 2.75) is 33.1 Å². The summed E-state index contributed by atoms with van der Waals surface area (Å²) in [5.74, 6) is -0.111. The van der Waals surface area contributed by atoms with Crippen LogP contribution < -0.4 is 0 Å². The van der Waals surface area contributed by atoms with E-state index in [0.29, 0.717) is 0 Å². The van der Waals surface area contributed by atoms with Crippen LogP contribution in [0.25, 0.3) is 11.1 Å². The summed E-state index contributed by atoms with van der Waals surface area (Å²) in [7, 11) is 0. The van der Waals surface area contributed by atoms with E-state index in [1.807, 2.05) is 52.0 Å². The van der Waals surface area contributed by atoms with Crippen LogP contribution in [0.1, 0.15) is 31.9 Å². The van der Waals surface area contributed by atoms with Crippen LogP contribution in [0.5, 0.6) is 0 Å².